The van der Waals surface area contributed by atoms with E-state index in [0.717, 1.165) is 22.3 Å². The standard InChI is InChI=1S/C14H13BrCl2N2/c1-2-13(11-5-3-9(16)7-12(11)17)19-10-4-6-14(15)18-8-10/h3-8,13,19H,2H2,1H3. The van der Waals surface area contributed by atoms with Crippen LogP contribution in [-0.2, 0) is 0 Å². The van der Waals surface area contributed by atoms with E-state index in [1.165, 1.54) is 0 Å². The molecule has 1 atom stereocenters. The van der Waals surface area contributed by atoms with Crippen LogP contribution in [0.3, 0.4) is 0 Å². The summed E-state index contributed by atoms with van der Waals surface area (Å²) in [6.07, 6.45) is 2.70. The molecule has 1 heterocycles. The number of hydrogen-bond donors (Lipinski definition) is 1. The maximum absolute atomic E-state index is 6.25. The van der Waals surface area contributed by atoms with Gasteiger partial charge in [-0.15, -0.1) is 0 Å². The molecule has 100 valence electrons. The quantitative estimate of drug-likeness (QED) is 0.706. The molecule has 1 N–H and O–H groups in total. The SMILES string of the molecule is CCC(Nc1ccc(Br)nc1)c1ccc(Cl)cc1Cl. The fourth-order valence-corrected chi connectivity index (χ4v) is 2.62. The van der Waals surface area contributed by atoms with E-state index in [4.69, 9.17) is 23.2 Å². The summed E-state index contributed by atoms with van der Waals surface area (Å²) in [5.41, 5.74) is 2.00. The highest BCUT2D eigenvalue weighted by atomic mass is 79.9. The number of halogens is 3. The molecule has 0 aliphatic heterocycles. The van der Waals surface area contributed by atoms with E-state index in [-0.39, 0.29) is 6.04 Å². The lowest BCUT2D eigenvalue weighted by atomic mass is 10.0. The molecule has 2 nitrogen and oxygen atoms in total. The zero-order valence-electron chi connectivity index (χ0n) is 10.3. The van der Waals surface area contributed by atoms with Gasteiger partial charge in [0.15, 0.2) is 0 Å². The number of aromatic nitrogens is 1. The van der Waals surface area contributed by atoms with Gasteiger partial charge in [-0.05, 0) is 52.2 Å². The van der Waals surface area contributed by atoms with Gasteiger partial charge in [0, 0.05) is 10.0 Å². The zero-order chi connectivity index (χ0) is 13.8. The van der Waals surface area contributed by atoms with E-state index in [1.54, 1.807) is 12.3 Å². The Hall–Kier alpha value is -0.770. The first-order chi connectivity index (χ1) is 9.10. The molecule has 1 aromatic heterocycles. The molecule has 1 aromatic carbocycles. The molecular formula is C14H13BrCl2N2. The first kappa shape index (κ1) is 14.6. The number of anilines is 1. The number of hydrogen-bond acceptors (Lipinski definition) is 2. The summed E-state index contributed by atoms with van der Waals surface area (Å²) < 4.78 is 0.815. The molecule has 0 aliphatic carbocycles. The number of nitrogens with zero attached hydrogens (tertiary/aromatic N) is 1. The zero-order valence-corrected chi connectivity index (χ0v) is 13.4. The van der Waals surface area contributed by atoms with Crippen LogP contribution in [-0.4, -0.2) is 4.98 Å². The number of benzene rings is 1. The Balaban J connectivity index is 2.22. The van der Waals surface area contributed by atoms with Crippen LogP contribution in [0.2, 0.25) is 10.0 Å². The van der Waals surface area contributed by atoms with Crippen LogP contribution in [0, 0.1) is 0 Å². The third-order valence-electron chi connectivity index (χ3n) is 2.81. The van der Waals surface area contributed by atoms with E-state index >= 15 is 0 Å². The number of nitrogens with one attached hydrogen (secondary N) is 1. The van der Waals surface area contributed by atoms with Crippen molar-refractivity contribution in [3.05, 3.63) is 56.7 Å². The Morgan fingerprint density at radius 1 is 1.26 bits per heavy atom. The summed E-state index contributed by atoms with van der Waals surface area (Å²) >= 11 is 15.5. The number of pyridine rings is 1. The van der Waals surface area contributed by atoms with Gasteiger partial charge >= 0.3 is 0 Å². The third kappa shape index (κ3) is 3.85. The van der Waals surface area contributed by atoms with Gasteiger partial charge < -0.3 is 5.32 Å². The van der Waals surface area contributed by atoms with Gasteiger partial charge in [-0.25, -0.2) is 4.98 Å². The fraction of sp³-hybridized carbons (Fsp3) is 0.214. The normalized spacial score (nSPS) is 12.2. The van der Waals surface area contributed by atoms with Crippen molar-refractivity contribution >= 4 is 44.8 Å². The Kier molecular flexibility index (Phi) is 5.08. The third-order valence-corrected chi connectivity index (χ3v) is 3.85. The highest BCUT2D eigenvalue weighted by molar-refractivity contribution is 9.10. The summed E-state index contributed by atoms with van der Waals surface area (Å²) in [6.45, 7) is 2.11. The van der Waals surface area contributed by atoms with Crippen molar-refractivity contribution in [3.8, 4) is 0 Å². The smallest absolute Gasteiger partial charge is 0.106 e. The summed E-state index contributed by atoms with van der Waals surface area (Å²) in [7, 11) is 0. The molecule has 0 bridgehead atoms. The molecule has 0 spiro atoms. The van der Waals surface area contributed by atoms with Crippen molar-refractivity contribution in [1.82, 2.24) is 4.98 Å². The summed E-state index contributed by atoms with van der Waals surface area (Å²) in [4.78, 5) is 4.20. The second-order valence-electron chi connectivity index (χ2n) is 4.14. The van der Waals surface area contributed by atoms with Gasteiger partial charge in [-0.1, -0.05) is 36.2 Å². The molecular weight excluding hydrogens is 347 g/mol. The van der Waals surface area contributed by atoms with E-state index < -0.39 is 0 Å². The molecule has 0 fully saturated rings. The van der Waals surface area contributed by atoms with Crippen molar-refractivity contribution < 1.29 is 0 Å². The van der Waals surface area contributed by atoms with Crippen molar-refractivity contribution in [2.75, 3.05) is 5.32 Å². The molecule has 2 rings (SSSR count). The molecule has 2 aromatic rings. The van der Waals surface area contributed by atoms with Gasteiger partial charge in [-0.3, -0.25) is 0 Å². The molecule has 0 amide bonds. The van der Waals surface area contributed by atoms with Gasteiger partial charge in [0.25, 0.3) is 0 Å². The average Bonchev–Trinajstić information content (AvgIpc) is 2.39. The van der Waals surface area contributed by atoms with Crippen LogP contribution in [0.4, 0.5) is 5.69 Å². The van der Waals surface area contributed by atoms with E-state index in [1.807, 2.05) is 24.3 Å². The van der Waals surface area contributed by atoms with Crippen molar-refractivity contribution in [3.63, 3.8) is 0 Å². The number of rotatable bonds is 4. The van der Waals surface area contributed by atoms with Gasteiger partial charge in [0.05, 0.1) is 17.9 Å². The van der Waals surface area contributed by atoms with E-state index in [2.05, 4.69) is 33.2 Å². The molecule has 0 aliphatic rings. The lowest BCUT2D eigenvalue weighted by Crippen LogP contribution is -2.10. The molecule has 0 saturated heterocycles. The summed E-state index contributed by atoms with van der Waals surface area (Å²) in [5, 5.41) is 4.75. The van der Waals surface area contributed by atoms with Gasteiger partial charge in [-0.2, -0.15) is 0 Å². The molecule has 1 unspecified atom stereocenters. The molecule has 0 saturated carbocycles. The van der Waals surface area contributed by atoms with Gasteiger partial charge in [0.2, 0.25) is 0 Å². The fourth-order valence-electron chi connectivity index (χ4n) is 1.85. The predicted molar refractivity (Wildman–Crippen MR) is 85.1 cm³/mol. The molecule has 0 radical (unpaired) electrons. The van der Waals surface area contributed by atoms with Crippen LogP contribution in [0.5, 0.6) is 0 Å². The Morgan fingerprint density at radius 3 is 2.63 bits per heavy atom. The van der Waals surface area contributed by atoms with Crippen LogP contribution >= 0.6 is 39.1 Å². The summed E-state index contributed by atoms with van der Waals surface area (Å²) in [5.74, 6) is 0. The van der Waals surface area contributed by atoms with Crippen molar-refractivity contribution in [1.29, 1.82) is 0 Å². The Morgan fingerprint density at radius 2 is 2.05 bits per heavy atom. The van der Waals surface area contributed by atoms with Crippen LogP contribution in [0.25, 0.3) is 0 Å². The maximum Gasteiger partial charge on any atom is 0.106 e. The highest BCUT2D eigenvalue weighted by Gasteiger charge is 2.13. The second kappa shape index (κ2) is 6.60. The van der Waals surface area contributed by atoms with E-state index in [0.29, 0.717) is 10.0 Å². The van der Waals surface area contributed by atoms with Crippen LogP contribution < -0.4 is 5.32 Å². The predicted octanol–water partition coefficient (Wildman–Crippen LogP) is 5.71. The maximum atomic E-state index is 6.25. The van der Waals surface area contributed by atoms with E-state index in [9.17, 15) is 0 Å². The molecule has 5 heteroatoms. The first-order valence-electron chi connectivity index (χ1n) is 5.93. The first-order valence-corrected chi connectivity index (χ1v) is 7.48. The van der Waals surface area contributed by atoms with Crippen molar-refractivity contribution in [2.45, 2.75) is 19.4 Å². The minimum atomic E-state index is 0.132. The second-order valence-corrected chi connectivity index (χ2v) is 5.80. The van der Waals surface area contributed by atoms with Crippen molar-refractivity contribution in [2.24, 2.45) is 0 Å². The van der Waals surface area contributed by atoms with Crippen LogP contribution in [0.15, 0.2) is 41.1 Å². The minimum Gasteiger partial charge on any atom is -0.377 e. The van der Waals surface area contributed by atoms with Crippen LogP contribution in [0.1, 0.15) is 24.9 Å². The van der Waals surface area contributed by atoms with Gasteiger partial charge in [0.1, 0.15) is 4.60 Å². The minimum absolute atomic E-state index is 0.132. The monoisotopic (exact) mass is 358 g/mol. The average molecular weight is 360 g/mol. The lowest BCUT2D eigenvalue weighted by molar-refractivity contribution is 0.749. The largest absolute Gasteiger partial charge is 0.377 e. The Labute approximate surface area is 131 Å². The Bertz CT molecular complexity index is 558. The molecule has 19 heavy (non-hydrogen) atoms. The highest BCUT2D eigenvalue weighted by Crippen LogP contribution is 2.30. The summed E-state index contributed by atoms with van der Waals surface area (Å²) in [6, 6.07) is 9.59. The lowest BCUT2D eigenvalue weighted by Gasteiger charge is -2.20. The topological polar surface area (TPSA) is 24.9 Å².